The lowest BCUT2D eigenvalue weighted by Gasteiger charge is -2.24. The van der Waals surface area contributed by atoms with Crippen molar-refractivity contribution < 1.29 is 9.53 Å². The molecule has 116 valence electrons. The number of rotatable bonds is 5. The van der Waals surface area contributed by atoms with Gasteiger partial charge >= 0.3 is 0 Å². The molecule has 1 aromatic heterocycles. The molecule has 0 aliphatic carbocycles. The van der Waals surface area contributed by atoms with Crippen LogP contribution < -0.4 is 10.6 Å². The van der Waals surface area contributed by atoms with Crippen molar-refractivity contribution in [3.05, 3.63) is 16.6 Å². The molecule has 0 bridgehead atoms. The highest BCUT2D eigenvalue weighted by Crippen LogP contribution is 2.19. The minimum Gasteiger partial charge on any atom is -0.375 e. The number of carbonyl (C=O) groups is 1. The Hall–Kier alpha value is -0.400. The van der Waals surface area contributed by atoms with E-state index in [0.717, 1.165) is 24.5 Å². The average Bonchev–Trinajstić information content (AvgIpc) is 2.91. The lowest BCUT2D eigenvalue weighted by Crippen LogP contribution is -2.41. The summed E-state index contributed by atoms with van der Waals surface area (Å²) in [7, 11) is 0. The van der Waals surface area contributed by atoms with Gasteiger partial charge in [-0.05, 0) is 6.42 Å². The average molecular weight is 342 g/mol. The fraction of sp³-hybridized carbons (Fsp3) is 0.667. The van der Waals surface area contributed by atoms with Gasteiger partial charge in [-0.2, -0.15) is 0 Å². The molecule has 1 fully saturated rings. The topological polar surface area (TPSA) is 63.2 Å². The van der Waals surface area contributed by atoms with Gasteiger partial charge in [0.05, 0.1) is 25.2 Å². The third kappa shape index (κ3) is 5.93. The Morgan fingerprint density at radius 3 is 3.00 bits per heavy atom. The van der Waals surface area contributed by atoms with Crippen molar-refractivity contribution in [1.29, 1.82) is 0 Å². The first-order valence-electron chi connectivity index (χ1n) is 6.30. The molecule has 2 unspecified atom stereocenters. The number of ether oxygens (including phenoxy) is 1. The first kappa shape index (κ1) is 19.6. The predicted molar refractivity (Wildman–Crippen MR) is 85.0 cm³/mol. The Labute approximate surface area is 135 Å². The molecule has 1 saturated heterocycles. The van der Waals surface area contributed by atoms with E-state index in [2.05, 4.69) is 15.6 Å². The lowest BCUT2D eigenvalue weighted by atomic mass is 10.2. The van der Waals surface area contributed by atoms with Crippen LogP contribution in [-0.4, -0.2) is 36.7 Å². The molecular weight excluding hydrogens is 321 g/mol. The summed E-state index contributed by atoms with van der Waals surface area (Å²) >= 11 is 1.57. The summed E-state index contributed by atoms with van der Waals surface area (Å²) in [6.45, 7) is 4.35. The summed E-state index contributed by atoms with van der Waals surface area (Å²) < 4.78 is 5.52. The summed E-state index contributed by atoms with van der Waals surface area (Å²) in [4.78, 5) is 16.2. The molecule has 8 heteroatoms. The van der Waals surface area contributed by atoms with E-state index < -0.39 is 0 Å². The van der Waals surface area contributed by atoms with Gasteiger partial charge in [-0.1, -0.05) is 6.92 Å². The van der Waals surface area contributed by atoms with Crippen molar-refractivity contribution >= 4 is 42.1 Å². The summed E-state index contributed by atoms with van der Waals surface area (Å²) in [6, 6.07) is 0.0223. The van der Waals surface area contributed by atoms with Gasteiger partial charge in [-0.15, -0.1) is 36.2 Å². The smallest absolute Gasteiger partial charge is 0.223 e. The molecule has 0 spiro atoms. The maximum absolute atomic E-state index is 11.9. The Bertz CT molecular complexity index is 373. The number of hydrogen-bond acceptors (Lipinski definition) is 5. The van der Waals surface area contributed by atoms with Crippen molar-refractivity contribution in [1.82, 2.24) is 15.6 Å². The predicted octanol–water partition coefficient (Wildman–Crippen LogP) is 1.93. The van der Waals surface area contributed by atoms with E-state index in [1.807, 2.05) is 12.3 Å². The molecule has 2 heterocycles. The Morgan fingerprint density at radius 1 is 1.65 bits per heavy atom. The zero-order valence-electron chi connectivity index (χ0n) is 11.3. The van der Waals surface area contributed by atoms with Crippen LogP contribution in [0.3, 0.4) is 0 Å². The van der Waals surface area contributed by atoms with Gasteiger partial charge in [0.1, 0.15) is 5.01 Å². The van der Waals surface area contributed by atoms with Crippen molar-refractivity contribution in [2.75, 3.05) is 19.7 Å². The number of thiazole rings is 1. The lowest BCUT2D eigenvalue weighted by molar-refractivity contribution is -0.125. The van der Waals surface area contributed by atoms with E-state index in [4.69, 9.17) is 4.74 Å². The monoisotopic (exact) mass is 341 g/mol. The maximum atomic E-state index is 11.9. The van der Waals surface area contributed by atoms with Gasteiger partial charge in [0.2, 0.25) is 5.91 Å². The van der Waals surface area contributed by atoms with Gasteiger partial charge in [0, 0.05) is 24.7 Å². The molecule has 20 heavy (non-hydrogen) atoms. The van der Waals surface area contributed by atoms with Crippen LogP contribution in [0.15, 0.2) is 11.6 Å². The zero-order chi connectivity index (χ0) is 12.8. The number of halogens is 2. The number of morpholine rings is 1. The number of aromatic nitrogens is 1. The molecule has 0 radical (unpaired) electrons. The van der Waals surface area contributed by atoms with Crippen molar-refractivity contribution in [2.24, 2.45) is 0 Å². The molecule has 1 aromatic rings. The van der Waals surface area contributed by atoms with Crippen molar-refractivity contribution in [2.45, 2.75) is 31.9 Å². The number of hydrogen-bond donors (Lipinski definition) is 2. The molecule has 1 aliphatic rings. The SMILES string of the molecule is CCC(NC(=O)CC1CNCCO1)c1nccs1.Cl.Cl. The van der Waals surface area contributed by atoms with Crippen LogP contribution in [0.25, 0.3) is 0 Å². The highest BCUT2D eigenvalue weighted by Gasteiger charge is 2.20. The second kappa shape index (κ2) is 10.3. The fourth-order valence-corrected chi connectivity index (χ4v) is 2.73. The second-order valence-electron chi connectivity index (χ2n) is 4.30. The molecule has 2 N–H and O–H groups in total. The molecule has 1 amide bonds. The molecule has 2 rings (SSSR count). The van der Waals surface area contributed by atoms with E-state index in [1.165, 1.54) is 0 Å². The summed E-state index contributed by atoms with van der Waals surface area (Å²) in [5.74, 6) is 0.0331. The molecule has 2 atom stereocenters. The second-order valence-corrected chi connectivity index (χ2v) is 5.23. The Kier molecular flexibility index (Phi) is 10.1. The van der Waals surface area contributed by atoms with Crippen LogP contribution in [0.2, 0.25) is 0 Å². The van der Waals surface area contributed by atoms with Crippen molar-refractivity contribution in [3.8, 4) is 0 Å². The Morgan fingerprint density at radius 2 is 2.45 bits per heavy atom. The molecular formula is C12H21Cl2N3O2S. The third-order valence-corrected chi connectivity index (χ3v) is 3.80. The van der Waals surface area contributed by atoms with E-state index in [0.29, 0.717) is 13.0 Å². The van der Waals surface area contributed by atoms with Crippen LogP contribution in [0.4, 0.5) is 0 Å². The number of carbonyl (C=O) groups excluding carboxylic acids is 1. The molecule has 5 nitrogen and oxygen atoms in total. The van der Waals surface area contributed by atoms with Crippen LogP contribution in [0.1, 0.15) is 30.8 Å². The number of nitrogens with one attached hydrogen (secondary N) is 2. The van der Waals surface area contributed by atoms with E-state index in [-0.39, 0.29) is 42.9 Å². The van der Waals surface area contributed by atoms with Gasteiger partial charge in [-0.3, -0.25) is 4.79 Å². The van der Waals surface area contributed by atoms with E-state index in [9.17, 15) is 4.79 Å². The number of amides is 1. The maximum Gasteiger partial charge on any atom is 0.223 e. The van der Waals surface area contributed by atoms with Crippen LogP contribution in [-0.2, 0) is 9.53 Å². The van der Waals surface area contributed by atoms with Crippen LogP contribution in [0, 0.1) is 0 Å². The van der Waals surface area contributed by atoms with Gasteiger partial charge < -0.3 is 15.4 Å². The van der Waals surface area contributed by atoms with Crippen LogP contribution in [0.5, 0.6) is 0 Å². The summed E-state index contributed by atoms with van der Waals surface area (Å²) in [6.07, 6.45) is 3.02. The molecule has 0 aromatic carbocycles. The van der Waals surface area contributed by atoms with Gasteiger partial charge in [-0.25, -0.2) is 4.98 Å². The Balaban J connectivity index is 0.00000180. The van der Waals surface area contributed by atoms with Crippen LogP contribution >= 0.6 is 36.2 Å². The molecule has 1 aliphatic heterocycles. The van der Waals surface area contributed by atoms with E-state index in [1.54, 1.807) is 17.5 Å². The zero-order valence-corrected chi connectivity index (χ0v) is 13.8. The van der Waals surface area contributed by atoms with Crippen molar-refractivity contribution in [3.63, 3.8) is 0 Å². The summed E-state index contributed by atoms with van der Waals surface area (Å²) in [5.41, 5.74) is 0. The quantitative estimate of drug-likeness (QED) is 0.858. The summed E-state index contributed by atoms with van der Waals surface area (Å²) in [5, 5.41) is 9.13. The highest BCUT2D eigenvalue weighted by molar-refractivity contribution is 7.09. The standard InChI is InChI=1S/C12H19N3O2S.2ClH/c1-2-10(12-14-4-6-18-12)15-11(16)7-9-8-13-3-5-17-9;;/h4,6,9-10,13H,2-3,5,7-8H2,1H3,(H,15,16);2*1H. The normalized spacial score (nSPS) is 19.4. The number of nitrogens with zero attached hydrogens (tertiary/aromatic N) is 1. The minimum absolute atomic E-state index is 0. The highest BCUT2D eigenvalue weighted by atomic mass is 35.5. The van der Waals surface area contributed by atoms with Gasteiger partial charge in [0.25, 0.3) is 0 Å². The first-order valence-corrected chi connectivity index (χ1v) is 7.18. The minimum atomic E-state index is -0.00690. The molecule has 0 saturated carbocycles. The van der Waals surface area contributed by atoms with E-state index >= 15 is 0 Å². The third-order valence-electron chi connectivity index (χ3n) is 2.91. The van der Waals surface area contributed by atoms with Gasteiger partial charge in [0.15, 0.2) is 0 Å². The fourth-order valence-electron chi connectivity index (χ4n) is 1.96. The first-order chi connectivity index (χ1) is 8.79. The largest absolute Gasteiger partial charge is 0.375 e.